The Balaban J connectivity index is 1.45. The van der Waals surface area contributed by atoms with Crippen LogP contribution in [0, 0.1) is 0 Å². The Morgan fingerprint density at radius 3 is 1.55 bits per heavy atom. The maximum atomic E-state index is 12.3. The molecule has 0 saturated carbocycles. The van der Waals surface area contributed by atoms with E-state index < -0.39 is 11.8 Å². The number of nitrogens with zero attached hydrogens (tertiary/aromatic N) is 4. The van der Waals surface area contributed by atoms with Gasteiger partial charge in [-0.3, -0.25) is 9.59 Å². The van der Waals surface area contributed by atoms with Crippen LogP contribution in [0.5, 0.6) is 0 Å². The smallest absolute Gasteiger partial charge is 0.307 e. The number of hydrazone groups is 2. The first-order chi connectivity index (χ1) is 15.1. The monoisotopic (exact) mass is 430 g/mol. The van der Waals surface area contributed by atoms with Crippen LogP contribution in [-0.4, -0.2) is 72.3 Å². The Kier molecular flexibility index (Phi) is 8.78. The summed E-state index contributed by atoms with van der Waals surface area (Å²) in [5.41, 5.74) is 7.03. The molecule has 0 atom stereocenters. The summed E-state index contributed by atoms with van der Waals surface area (Å²) in [6.07, 6.45) is 5.68. The van der Waals surface area contributed by atoms with Gasteiger partial charge in [-0.15, -0.1) is 0 Å². The lowest BCUT2D eigenvalue weighted by molar-refractivity contribution is 0.0901. The van der Waals surface area contributed by atoms with E-state index in [9.17, 15) is 9.59 Å². The van der Waals surface area contributed by atoms with Gasteiger partial charge in [0, 0.05) is 63.3 Å². The van der Waals surface area contributed by atoms with Gasteiger partial charge in [0.05, 0.1) is 0 Å². The largest absolute Gasteiger partial charge is 0.446 e. The molecule has 0 radical (unpaired) electrons. The second kappa shape index (κ2) is 11.8. The highest BCUT2D eigenvalue weighted by Crippen LogP contribution is 2.11. The standard InChI is InChI=1S/C22H34N6O3/c1-3-11-27-13-7-17(8-14-27)23-25-21(29)19-5-6-20(31-19)22(30)26-24-18-9-15-28(12-4-2)16-10-18/h5-6H,3-4,7-16H2,1-2H3,(H,25,29)(H,26,30). The van der Waals surface area contributed by atoms with Crippen molar-refractivity contribution in [3.63, 3.8) is 0 Å². The van der Waals surface area contributed by atoms with Gasteiger partial charge in [-0.2, -0.15) is 10.2 Å². The molecule has 0 aliphatic carbocycles. The van der Waals surface area contributed by atoms with E-state index in [0.717, 1.165) is 89.2 Å². The number of rotatable bonds is 8. The van der Waals surface area contributed by atoms with Crippen molar-refractivity contribution in [3.05, 3.63) is 23.7 Å². The van der Waals surface area contributed by atoms with Crippen molar-refractivity contribution in [2.24, 2.45) is 10.2 Å². The van der Waals surface area contributed by atoms with Crippen molar-refractivity contribution in [1.82, 2.24) is 20.7 Å². The number of carbonyl (C=O) groups excluding carboxylic acids is 2. The summed E-state index contributed by atoms with van der Waals surface area (Å²) in [7, 11) is 0. The Morgan fingerprint density at radius 1 is 0.806 bits per heavy atom. The number of nitrogens with one attached hydrogen (secondary N) is 2. The molecular formula is C22H34N6O3. The van der Waals surface area contributed by atoms with Crippen molar-refractivity contribution in [3.8, 4) is 0 Å². The zero-order chi connectivity index (χ0) is 22.1. The number of hydrogen-bond donors (Lipinski definition) is 2. The fourth-order valence-electron chi connectivity index (χ4n) is 3.88. The minimum Gasteiger partial charge on any atom is -0.446 e. The first kappa shape index (κ1) is 23.1. The summed E-state index contributed by atoms with van der Waals surface area (Å²) in [4.78, 5) is 29.4. The number of furan rings is 1. The first-order valence-corrected chi connectivity index (χ1v) is 11.3. The Morgan fingerprint density at radius 2 is 1.19 bits per heavy atom. The van der Waals surface area contributed by atoms with Crippen LogP contribution < -0.4 is 10.9 Å². The Hall–Kier alpha value is -2.52. The predicted molar refractivity (Wildman–Crippen MR) is 120 cm³/mol. The van der Waals surface area contributed by atoms with Crippen LogP contribution in [0.25, 0.3) is 0 Å². The minimum absolute atomic E-state index is 0.0541. The number of likely N-dealkylation sites (tertiary alicyclic amines) is 2. The van der Waals surface area contributed by atoms with Crippen LogP contribution in [0.15, 0.2) is 26.8 Å². The second-order valence-corrected chi connectivity index (χ2v) is 8.09. The maximum Gasteiger partial charge on any atom is 0.307 e. The topological polar surface area (TPSA) is 103 Å². The fraction of sp³-hybridized carbons (Fsp3) is 0.636. The van der Waals surface area contributed by atoms with Crippen LogP contribution in [0.1, 0.15) is 73.5 Å². The highest BCUT2D eigenvalue weighted by atomic mass is 16.4. The van der Waals surface area contributed by atoms with Crippen molar-refractivity contribution in [2.75, 3.05) is 39.3 Å². The maximum absolute atomic E-state index is 12.3. The van der Waals surface area contributed by atoms with Crippen LogP contribution >= 0.6 is 0 Å². The normalized spacial score (nSPS) is 18.0. The van der Waals surface area contributed by atoms with Crippen molar-refractivity contribution >= 4 is 23.2 Å². The van der Waals surface area contributed by atoms with E-state index in [4.69, 9.17) is 4.42 Å². The molecule has 0 aromatic carbocycles. The summed E-state index contributed by atoms with van der Waals surface area (Å²) in [6, 6.07) is 2.95. The van der Waals surface area contributed by atoms with E-state index >= 15 is 0 Å². The number of carbonyl (C=O) groups is 2. The average molecular weight is 431 g/mol. The second-order valence-electron chi connectivity index (χ2n) is 8.09. The van der Waals surface area contributed by atoms with Crippen LogP contribution in [0.2, 0.25) is 0 Å². The van der Waals surface area contributed by atoms with Gasteiger partial charge in [0.25, 0.3) is 0 Å². The molecule has 170 valence electrons. The lowest BCUT2D eigenvalue weighted by Gasteiger charge is -2.26. The number of amides is 2. The molecule has 2 aliphatic rings. The fourth-order valence-corrected chi connectivity index (χ4v) is 3.88. The first-order valence-electron chi connectivity index (χ1n) is 11.3. The van der Waals surface area contributed by atoms with Crippen molar-refractivity contribution < 1.29 is 14.0 Å². The molecule has 0 spiro atoms. The van der Waals surface area contributed by atoms with Crippen molar-refractivity contribution in [2.45, 2.75) is 52.4 Å². The van der Waals surface area contributed by atoms with E-state index in [1.54, 1.807) is 0 Å². The summed E-state index contributed by atoms with van der Waals surface area (Å²) < 4.78 is 5.41. The highest BCUT2D eigenvalue weighted by molar-refractivity contribution is 5.97. The molecule has 2 N–H and O–H groups in total. The highest BCUT2D eigenvalue weighted by Gasteiger charge is 2.18. The van der Waals surface area contributed by atoms with Gasteiger partial charge < -0.3 is 14.2 Å². The molecule has 2 fully saturated rings. The number of piperidine rings is 2. The zero-order valence-corrected chi connectivity index (χ0v) is 18.7. The molecule has 31 heavy (non-hydrogen) atoms. The summed E-state index contributed by atoms with van der Waals surface area (Å²) in [5, 5.41) is 8.46. The lowest BCUT2D eigenvalue weighted by Crippen LogP contribution is -2.35. The quantitative estimate of drug-likeness (QED) is 0.617. The van der Waals surface area contributed by atoms with Gasteiger partial charge in [-0.1, -0.05) is 13.8 Å². The van der Waals surface area contributed by atoms with Crippen LogP contribution in [0.3, 0.4) is 0 Å². The predicted octanol–water partition coefficient (Wildman–Crippen LogP) is 2.46. The molecular weight excluding hydrogens is 396 g/mol. The molecule has 1 aromatic heterocycles. The SMILES string of the molecule is CCCN1CCC(=NNC(=O)c2ccc(C(=O)NN=C3CCN(CCC)CC3)o2)CC1. The van der Waals surface area contributed by atoms with E-state index in [1.807, 2.05) is 0 Å². The Bertz CT molecular complexity index is 731. The van der Waals surface area contributed by atoms with E-state index in [1.165, 1.54) is 12.1 Å². The van der Waals surface area contributed by atoms with Gasteiger partial charge in [-0.25, -0.2) is 10.9 Å². The molecule has 0 bridgehead atoms. The van der Waals surface area contributed by atoms with Crippen LogP contribution in [0.4, 0.5) is 0 Å². The van der Waals surface area contributed by atoms with Gasteiger partial charge in [0.15, 0.2) is 11.5 Å². The van der Waals surface area contributed by atoms with Gasteiger partial charge >= 0.3 is 11.8 Å². The number of hydrogen-bond acceptors (Lipinski definition) is 7. The molecule has 9 heteroatoms. The zero-order valence-electron chi connectivity index (χ0n) is 18.7. The van der Waals surface area contributed by atoms with E-state index in [2.05, 4.69) is 44.7 Å². The van der Waals surface area contributed by atoms with Gasteiger partial charge in [-0.05, 0) is 38.1 Å². The molecule has 2 aliphatic heterocycles. The average Bonchev–Trinajstić information content (AvgIpc) is 3.29. The van der Waals surface area contributed by atoms with E-state index in [-0.39, 0.29) is 11.5 Å². The van der Waals surface area contributed by atoms with Gasteiger partial charge in [0.2, 0.25) is 0 Å². The minimum atomic E-state index is -0.461. The molecule has 9 nitrogen and oxygen atoms in total. The summed E-state index contributed by atoms with van der Waals surface area (Å²) in [5.74, 6) is -0.814. The van der Waals surface area contributed by atoms with Crippen LogP contribution in [-0.2, 0) is 0 Å². The van der Waals surface area contributed by atoms with Gasteiger partial charge in [0.1, 0.15) is 0 Å². The third-order valence-corrected chi connectivity index (χ3v) is 5.63. The summed E-state index contributed by atoms with van der Waals surface area (Å²) in [6.45, 7) is 10.4. The Labute approximate surface area is 183 Å². The molecule has 3 rings (SSSR count). The molecule has 0 unspecified atom stereocenters. The molecule has 2 amide bonds. The molecule has 2 saturated heterocycles. The lowest BCUT2D eigenvalue weighted by atomic mass is 10.1. The van der Waals surface area contributed by atoms with E-state index in [0.29, 0.717) is 0 Å². The molecule has 1 aromatic rings. The van der Waals surface area contributed by atoms with Crippen molar-refractivity contribution in [1.29, 1.82) is 0 Å². The third kappa shape index (κ3) is 7.00. The third-order valence-electron chi connectivity index (χ3n) is 5.63. The summed E-state index contributed by atoms with van der Waals surface area (Å²) >= 11 is 0. The molecule has 3 heterocycles.